The van der Waals surface area contributed by atoms with Crippen molar-refractivity contribution in [1.29, 1.82) is 0 Å². The summed E-state index contributed by atoms with van der Waals surface area (Å²) in [7, 11) is -3.62. The van der Waals surface area contributed by atoms with Crippen molar-refractivity contribution in [2.75, 3.05) is 10.0 Å². The van der Waals surface area contributed by atoms with Crippen molar-refractivity contribution < 1.29 is 8.42 Å². The van der Waals surface area contributed by atoms with Crippen molar-refractivity contribution in [2.24, 2.45) is 0 Å². The van der Waals surface area contributed by atoms with Crippen LogP contribution in [-0.2, 0) is 16.6 Å². The van der Waals surface area contributed by atoms with E-state index in [-0.39, 0.29) is 4.90 Å². The third kappa shape index (κ3) is 4.50. The highest BCUT2D eigenvalue weighted by molar-refractivity contribution is 7.92. The molecule has 1 aromatic heterocycles. The largest absolute Gasteiger partial charge is 0.380 e. The lowest BCUT2D eigenvalue weighted by Crippen LogP contribution is -2.13. The normalized spacial score (nSPS) is 11.3. The van der Waals surface area contributed by atoms with Crippen molar-refractivity contribution in [2.45, 2.75) is 18.4 Å². The predicted octanol–water partition coefficient (Wildman–Crippen LogP) is 4.52. The van der Waals surface area contributed by atoms with Gasteiger partial charge < -0.3 is 5.32 Å². The van der Waals surface area contributed by atoms with E-state index in [1.807, 2.05) is 19.1 Å². The van der Waals surface area contributed by atoms with Crippen LogP contribution in [0, 0.1) is 6.92 Å². The number of hydrogen-bond donors (Lipinski definition) is 2. The number of rotatable bonds is 6. The highest BCUT2D eigenvalue weighted by Crippen LogP contribution is 2.22. The molecular formula is C17H16ClN3O2S2. The van der Waals surface area contributed by atoms with Crippen molar-refractivity contribution in [3.63, 3.8) is 0 Å². The van der Waals surface area contributed by atoms with Crippen LogP contribution in [0.15, 0.2) is 59.6 Å². The van der Waals surface area contributed by atoms with Gasteiger partial charge in [-0.05, 0) is 42.8 Å². The third-order valence-electron chi connectivity index (χ3n) is 3.55. The Morgan fingerprint density at radius 1 is 1.12 bits per heavy atom. The van der Waals surface area contributed by atoms with Gasteiger partial charge in [0.25, 0.3) is 10.0 Å². The van der Waals surface area contributed by atoms with E-state index in [9.17, 15) is 8.42 Å². The van der Waals surface area contributed by atoms with Gasteiger partial charge in [0.15, 0.2) is 4.47 Å². The van der Waals surface area contributed by atoms with Gasteiger partial charge in [-0.15, -0.1) is 11.3 Å². The molecule has 8 heteroatoms. The number of nitrogens with one attached hydrogen (secondary N) is 2. The summed E-state index contributed by atoms with van der Waals surface area (Å²) in [6.45, 7) is 2.44. The number of anilines is 2. The molecule has 0 aliphatic carbocycles. The first-order valence-electron chi connectivity index (χ1n) is 7.47. The Kier molecular flexibility index (Phi) is 5.27. The van der Waals surface area contributed by atoms with E-state index >= 15 is 0 Å². The number of hydrogen-bond acceptors (Lipinski definition) is 5. The number of aryl methyl sites for hydroxylation is 1. The molecule has 2 N–H and O–H groups in total. The van der Waals surface area contributed by atoms with Crippen molar-refractivity contribution in [3.8, 4) is 0 Å². The molecule has 25 heavy (non-hydrogen) atoms. The molecular weight excluding hydrogens is 378 g/mol. The van der Waals surface area contributed by atoms with E-state index < -0.39 is 10.0 Å². The maximum atomic E-state index is 12.5. The summed E-state index contributed by atoms with van der Waals surface area (Å²) in [4.78, 5) is 5.19. The van der Waals surface area contributed by atoms with Crippen molar-refractivity contribution in [3.05, 3.63) is 69.6 Å². The van der Waals surface area contributed by atoms with Gasteiger partial charge in [-0.25, -0.2) is 13.4 Å². The minimum Gasteiger partial charge on any atom is -0.380 e. The van der Waals surface area contributed by atoms with Gasteiger partial charge >= 0.3 is 0 Å². The molecule has 5 nitrogen and oxygen atoms in total. The molecule has 0 saturated heterocycles. The average Bonchev–Trinajstić information content (AvgIpc) is 3.01. The van der Waals surface area contributed by atoms with Crippen LogP contribution in [0.2, 0.25) is 4.47 Å². The van der Waals surface area contributed by atoms with E-state index in [0.717, 1.165) is 16.1 Å². The van der Waals surface area contributed by atoms with E-state index in [1.54, 1.807) is 42.6 Å². The number of aromatic nitrogens is 1. The summed E-state index contributed by atoms with van der Waals surface area (Å²) in [6, 6.07) is 13.9. The van der Waals surface area contributed by atoms with Crippen LogP contribution >= 0.6 is 22.9 Å². The van der Waals surface area contributed by atoms with Crippen LogP contribution in [0.25, 0.3) is 0 Å². The number of para-hydroxylation sites is 1. The smallest absolute Gasteiger partial charge is 0.261 e. The second-order valence-corrected chi connectivity index (χ2v) is 8.76. The first kappa shape index (κ1) is 17.7. The van der Waals surface area contributed by atoms with Gasteiger partial charge in [-0.2, -0.15) is 0 Å². The monoisotopic (exact) mass is 393 g/mol. The third-order valence-corrected chi connectivity index (χ3v) is 6.04. The van der Waals surface area contributed by atoms with Crippen LogP contribution in [-0.4, -0.2) is 13.4 Å². The Bertz CT molecular complexity index is 970. The molecule has 0 spiro atoms. The number of halogens is 1. The maximum Gasteiger partial charge on any atom is 0.261 e. The Balaban J connectivity index is 1.69. The molecule has 3 rings (SSSR count). The molecule has 0 radical (unpaired) electrons. The van der Waals surface area contributed by atoms with Gasteiger partial charge in [0.1, 0.15) is 0 Å². The molecule has 1 heterocycles. The molecule has 3 aromatic rings. The standard InChI is InChI=1S/C17H16ClN3O2S2/c1-12-4-2-3-5-16(12)21-25(22,23)15-8-6-13(7-9-15)19-10-14-11-20-17(18)24-14/h2-9,11,19,21H,10H2,1H3. The molecule has 0 unspecified atom stereocenters. The summed E-state index contributed by atoms with van der Waals surface area (Å²) >= 11 is 7.20. The van der Waals surface area contributed by atoms with E-state index in [0.29, 0.717) is 16.7 Å². The van der Waals surface area contributed by atoms with E-state index in [2.05, 4.69) is 15.0 Å². The quantitative estimate of drug-likeness (QED) is 0.646. The van der Waals surface area contributed by atoms with Gasteiger partial charge in [0.05, 0.1) is 17.1 Å². The second-order valence-electron chi connectivity index (χ2n) is 5.38. The van der Waals surface area contributed by atoms with Gasteiger partial charge in [-0.3, -0.25) is 4.72 Å². The van der Waals surface area contributed by atoms with Gasteiger partial charge in [0, 0.05) is 16.8 Å². The van der Waals surface area contributed by atoms with Crippen LogP contribution in [0.5, 0.6) is 0 Å². The predicted molar refractivity (Wildman–Crippen MR) is 103 cm³/mol. The molecule has 0 amide bonds. The zero-order chi connectivity index (χ0) is 17.9. The Morgan fingerprint density at radius 2 is 1.84 bits per heavy atom. The second kappa shape index (κ2) is 7.43. The maximum absolute atomic E-state index is 12.5. The molecule has 2 aromatic carbocycles. The molecule has 0 atom stereocenters. The summed E-state index contributed by atoms with van der Waals surface area (Å²) in [5, 5.41) is 3.21. The average molecular weight is 394 g/mol. The summed E-state index contributed by atoms with van der Waals surface area (Å²) in [6.07, 6.45) is 1.71. The Hall–Kier alpha value is -2.09. The van der Waals surface area contributed by atoms with Crippen LogP contribution in [0.4, 0.5) is 11.4 Å². The number of sulfonamides is 1. The van der Waals surface area contributed by atoms with Crippen LogP contribution in [0.3, 0.4) is 0 Å². The topological polar surface area (TPSA) is 71.1 Å². The molecule has 0 aliphatic rings. The lowest BCUT2D eigenvalue weighted by atomic mass is 10.2. The Morgan fingerprint density at radius 3 is 2.48 bits per heavy atom. The summed E-state index contributed by atoms with van der Waals surface area (Å²) < 4.78 is 28.1. The van der Waals surface area contributed by atoms with E-state index in [4.69, 9.17) is 11.6 Å². The molecule has 0 saturated carbocycles. The summed E-state index contributed by atoms with van der Waals surface area (Å²) in [5.74, 6) is 0. The van der Waals surface area contributed by atoms with E-state index in [1.165, 1.54) is 11.3 Å². The van der Waals surface area contributed by atoms with Crippen LogP contribution < -0.4 is 10.0 Å². The number of nitrogens with zero attached hydrogens (tertiary/aromatic N) is 1. The van der Waals surface area contributed by atoms with Gasteiger partial charge in [0.2, 0.25) is 0 Å². The minimum absolute atomic E-state index is 0.210. The lowest BCUT2D eigenvalue weighted by Gasteiger charge is -2.11. The first-order valence-corrected chi connectivity index (χ1v) is 10.1. The fraction of sp³-hybridized carbons (Fsp3) is 0.118. The highest BCUT2D eigenvalue weighted by atomic mass is 35.5. The molecule has 0 bridgehead atoms. The fourth-order valence-corrected chi connectivity index (χ4v) is 4.25. The summed E-state index contributed by atoms with van der Waals surface area (Å²) in [5.41, 5.74) is 2.26. The highest BCUT2D eigenvalue weighted by Gasteiger charge is 2.14. The molecule has 130 valence electrons. The molecule has 0 fully saturated rings. The minimum atomic E-state index is -3.62. The zero-order valence-corrected chi connectivity index (χ0v) is 15.8. The van der Waals surface area contributed by atoms with Crippen molar-refractivity contribution >= 4 is 44.3 Å². The van der Waals surface area contributed by atoms with Gasteiger partial charge in [-0.1, -0.05) is 29.8 Å². The lowest BCUT2D eigenvalue weighted by molar-refractivity contribution is 0.601. The zero-order valence-electron chi connectivity index (χ0n) is 13.4. The fourth-order valence-electron chi connectivity index (χ4n) is 2.20. The van der Waals surface area contributed by atoms with Crippen molar-refractivity contribution in [1.82, 2.24) is 4.98 Å². The number of thiazole rings is 1. The van der Waals surface area contributed by atoms with Crippen LogP contribution in [0.1, 0.15) is 10.4 Å². The first-order chi connectivity index (χ1) is 11.9. The number of benzene rings is 2. The molecule has 0 aliphatic heterocycles. The Labute approximate surface area is 155 Å². The SMILES string of the molecule is Cc1ccccc1NS(=O)(=O)c1ccc(NCc2cnc(Cl)s2)cc1.